The summed E-state index contributed by atoms with van der Waals surface area (Å²) in [6.07, 6.45) is -0.252. The van der Waals surface area contributed by atoms with Crippen LogP contribution in [0.25, 0.3) is 22.4 Å². The highest BCUT2D eigenvalue weighted by atomic mass is 14.7. The summed E-state index contributed by atoms with van der Waals surface area (Å²) in [5.41, 5.74) is 2.56. The Labute approximate surface area is 163 Å². The van der Waals surface area contributed by atoms with Crippen molar-refractivity contribution in [3.8, 4) is 22.4 Å². The lowest BCUT2D eigenvalue weighted by Gasteiger charge is -2.18. The van der Waals surface area contributed by atoms with Crippen molar-refractivity contribution in [2.45, 2.75) is 40.8 Å². The molecule has 1 aromatic heterocycles. The quantitative estimate of drug-likeness (QED) is 0.523. The first-order valence-electron chi connectivity index (χ1n) is 12.2. The Morgan fingerprint density at radius 2 is 1.68 bits per heavy atom. The van der Waals surface area contributed by atoms with Gasteiger partial charge in [0.25, 0.3) is 0 Å². The Morgan fingerprint density at radius 1 is 0.920 bits per heavy atom. The fraction of sp³-hybridized carbons (Fsp3) is 0.292. The predicted molar refractivity (Wildman–Crippen MR) is 108 cm³/mol. The molecule has 0 atom stereocenters. The number of pyridine rings is 1. The molecule has 0 aliphatic carbocycles. The third-order valence-electron chi connectivity index (χ3n) is 3.79. The van der Waals surface area contributed by atoms with Crippen molar-refractivity contribution in [2.75, 3.05) is 0 Å². The summed E-state index contributed by atoms with van der Waals surface area (Å²) >= 11 is 0. The molecule has 0 N–H and O–H groups in total. The van der Waals surface area contributed by atoms with Crippen molar-refractivity contribution in [2.24, 2.45) is 5.41 Å². The van der Waals surface area contributed by atoms with E-state index in [-0.39, 0.29) is 11.1 Å². The molecule has 0 amide bonds. The van der Waals surface area contributed by atoms with Crippen LogP contribution in [0.2, 0.25) is 0 Å². The van der Waals surface area contributed by atoms with Crippen molar-refractivity contribution in [1.29, 1.82) is 0 Å². The van der Waals surface area contributed by atoms with E-state index in [1.54, 1.807) is 48.5 Å². The van der Waals surface area contributed by atoms with E-state index in [2.05, 4.69) is 4.98 Å². The highest BCUT2D eigenvalue weighted by Crippen LogP contribution is 2.30. The topological polar surface area (TPSA) is 12.9 Å². The molecule has 3 aromatic rings. The molecule has 0 saturated heterocycles. The number of rotatable bonds is 3. The van der Waals surface area contributed by atoms with Crippen molar-refractivity contribution in [1.82, 2.24) is 4.98 Å². The number of benzene rings is 2. The first-order chi connectivity index (χ1) is 15.0. The summed E-state index contributed by atoms with van der Waals surface area (Å²) in [5.74, 6) is 0. The van der Waals surface area contributed by atoms with E-state index in [1.165, 1.54) is 12.3 Å². The smallest absolute Gasteiger partial charge is 0.0702 e. The molecule has 0 spiro atoms. The van der Waals surface area contributed by atoms with E-state index in [1.807, 2.05) is 20.8 Å². The summed E-state index contributed by atoms with van der Waals surface area (Å²) in [6.45, 7) is 0.914. The van der Waals surface area contributed by atoms with Gasteiger partial charge in [-0.1, -0.05) is 63.2 Å². The van der Waals surface area contributed by atoms with Crippen LogP contribution in [0.3, 0.4) is 0 Å². The first-order valence-corrected chi connectivity index (χ1v) is 8.24. The molecule has 0 fully saturated rings. The Hall–Kier alpha value is -2.41. The second kappa shape index (κ2) is 6.84. The van der Waals surface area contributed by atoms with Gasteiger partial charge in [0.2, 0.25) is 0 Å². The maximum absolute atomic E-state index is 8.47. The van der Waals surface area contributed by atoms with Gasteiger partial charge < -0.3 is 0 Å². The summed E-state index contributed by atoms with van der Waals surface area (Å²) in [4.78, 5) is 4.27. The molecular weight excluding hydrogens is 302 g/mol. The van der Waals surface area contributed by atoms with Gasteiger partial charge in [0.15, 0.2) is 0 Å². The van der Waals surface area contributed by atoms with Gasteiger partial charge in [-0.2, -0.15) is 0 Å². The van der Waals surface area contributed by atoms with Gasteiger partial charge in [0.1, 0.15) is 0 Å². The predicted octanol–water partition coefficient (Wildman–Crippen LogP) is 6.62. The maximum Gasteiger partial charge on any atom is 0.0702 e. The average Bonchev–Trinajstić information content (AvgIpc) is 2.71. The minimum atomic E-state index is -2.34. The van der Waals surface area contributed by atoms with Gasteiger partial charge in [-0.3, -0.25) is 4.98 Å². The molecular formula is C24H27N. The second-order valence-electron chi connectivity index (χ2n) is 7.14. The molecule has 0 aliphatic heterocycles. The molecule has 3 rings (SSSR count). The molecule has 0 radical (unpaired) electrons. The van der Waals surface area contributed by atoms with Crippen LogP contribution in [0, 0.1) is 19.1 Å². The molecule has 0 bridgehead atoms. The second-order valence-corrected chi connectivity index (χ2v) is 7.14. The van der Waals surface area contributed by atoms with Gasteiger partial charge in [-0.05, 0) is 65.4 Å². The van der Waals surface area contributed by atoms with E-state index < -0.39 is 25.5 Å². The minimum absolute atomic E-state index is 0.134. The monoisotopic (exact) mass is 337 g/mol. The SMILES string of the molecule is [2H]C([2H])([2H])c1ccc(-c2ccc(C([2H])([2H])[2H])c(-c3ccc(C([2H])([2H])C(C)(C)C)cc3)c2)nc1. The summed E-state index contributed by atoms with van der Waals surface area (Å²) in [6, 6.07) is 14.9. The Morgan fingerprint density at radius 3 is 2.28 bits per heavy atom. The summed E-state index contributed by atoms with van der Waals surface area (Å²) < 4.78 is 63.3. The van der Waals surface area contributed by atoms with Crippen LogP contribution in [0.15, 0.2) is 60.8 Å². The Balaban J connectivity index is 2.09. The third kappa shape index (κ3) is 4.36. The van der Waals surface area contributed by atoms with E-state index in [0.29, 0.717) is 27.9 Å². The maximum atomic E-state index is 8.47. The molecule has 0 unspecified atom stereocenters. The van der Waals surface area contributed by atoms with Crippen LogP contribution in [-0.2, 0) is 6.37 Å². The van der Waals surface area contributed by atoms with Gasteiger partial charge in [0.05, 0.1) is 5.69 Å². The van der Waals surface area contributed by atoms with Crippen molar-refractivity contribution in [3.63, 3.8) is 0 Å². The zero-order valence-electron chi connectivity index (χ0n) is 22.7. The summed E-state index contributed by atoms with van der Waals surface area (Å²) in [7, 11) is 0. The minimum Gasteiger partial charge on any atom is -0.256 e. The van der Waals surface area contributed by atoms with E-state index in [4.69, 9.17) is 11.0 Å². The number of aryl methyl sites for hydroxylation is 2. The van der Waals surface area contributed by atoms with Crippen LogP contribution in [-0.4, -0.2) is 4.98 Å². The van der Waals surface area contributed by atoms with Crippen molar-refractivity contribution >= 4 is 0 Å². The molecule has 0 aliphatic rings. The Bertz CT molecular complexity index is 1120. The van der Waals surface area contributed by atoms with Crippen LogP contribution in [0.5, 0.6) is 0 Å². The average molecular weight is 338 g/mol. The van der Waals surface area contributed by atoms with Crippen LogP contribution < -0.4 is 0 Å². The van der Waals surface area contributed by atoms with Crippen molar-refractivity contribution < 1.29 is 11.0 Å². The number of aromatic nitrogens is 1. The van der Waals surface area contributed by atoms with E-state index >= 15 is 0 Å². The van der Waals surface area contributed by atoms with Crippen LogP contribution in [0.1, 0.15) is 48.4 Å². The zero-order valence-corrected chi connectivity index (χ0v) is 14.7. The van der Waals surface area contributed by atoms with E-state index in [0.717, 1.165) is 0 Å². The highest BCUT2D eigenvalue weighted by molar-refractivity contribution is 5.74. The third-order valence-corrected chi connectivity index (χ3v) is 3.79. The fourth-order valence-corrected chi connectivity index (χ4v) is 2.67. The lowest BCUT2D eigenvalue weighted by atomic mass is 9.87. The van der Waals surface area contributed by atoms with E-state index in [9.17, 15) is 0 Å². The molecule has 1 nitrogen and oxygen atoms in total. The normalized spacial score (nSPS) is 17.9. The summed E-state index contributed by atoms with van der Waals surface area (Å²) in [5, 5.41) is 0. The largest absolute Gasteiger partial charge is 0.256 e. The number of hydrogen-bond donors (Lipinski definition) is 0. The zero-order chi connectivity index (χ0) is 24.8. The fourth-order valence-electron chi connectivity index (χ4n) is 2.67. The lowest BCUT2D eigenvalue weighted by molar-refractivity contribution is 0.411. The Kier molecular flexibility index (Phi) is 2.71. The van der Waals surface area contributed by atoms with Gasteiger partial charge >= 0.3 is 0 Å². The van der Waals surface area contributed by atoms with Gasteiger partial charge in [0, 0.05) is 22.7 Å². The molecule has 2 aromatic carbocycles. The molecule has 0 saturated carbocycles. The van der Waals surface area contributed by atoms with Gasteiger partial charge in [-0.15, -0.1) is 0 Å². The number of nitrogens with zero attached hydrogens (tertiary/aromatic N) is 1. The van der Waals surface area contributed by atoms with Crippen molar-refractivity contribution in [3.05, 3.63) is 77.5 Å². The number of hydrogen-bond acceptors (Lipinski definition) is 1. The van der Waals surface area contributed by atoms with Crippen LogP contribution in [0.4, 0.5) is 0 Å². The highest BCUT2D eigenvalue weighted by Gasteiger charge is 2.12. The molecule has 1 heterocycles. The molecule has 1 heteroatoms. The first kappa shape index (κ1) is 9.91. The van der Waals surface area contributed by atoms with Crippen LogP contribution >= 0.6 is 0 Å². The standard InChI is InChI=1S/C24H27N/c1-17-6-13-23(25-16-17)21-10-7-18(2)22(14-21)20-11-8-19(9-12-20)15-24(3,4)5/h6-14,16H,15H2,1-5H3/i1D3,2D3,15D2. The molecule has 25 heavy (non-hydrogen) atoms. The molecule has 128 valence electrons. The lowest BCUT2D eigenvalue weighted by Crippen LogP contribution is -2.08. The van der Waals surface area contributed by atoms with Gasteiger partial charge in [-0.25, -0.2) is 0 Å².